The molecule has 1 aromatic carbocycles. The van der Waals surface area contributed by atoms with Crippen LogP contribution in [0.4, 0.5) is 0 Å². The maximum absolute atomic E-state index is 12.0. The number of rotatable bonds is 1. The molecule has 3 nitrogen and oxygen atoms in total. The van der Waals surface area contributed by atoms with Crippen molar-refractivity contribution >= 4 is 11.8 Å². The molecule has 0 fully saturated rings. The van der Waals surface area contributed by atoms with Gasteiger partial charge in [-0.25, -0.2) is 0 Å². The van der Waals surface area contributed by atoms with E-state index in [0.29, 0.717) is 11.1 Å². The van der Waals surface area contributed by atoms with Gasteiger partial charge in [-0.15, -0.1) is 6.42 Å². The van der Waals surface area contributed by atoms with Gasteiger partial charge in [0.2, 0.25) is 0 Å². The fraction of sp³-hybridized carbons (Fsp3) is 0.231. The third-order valence-electron chi connectivity index (χ3n) is 2.79. The van der Waals surface area contributed by atoms with Crippen LogP contribution in [0, 0.1) is 26.2 Å². The summed E-state index contributed by atoms with van der Waals surface area (Å²) < 4.78 is 0. The standard InChI is InChI=1S/C13H11NO2/c1-4-7-14-12(15)10-8(2)5-6-9(3)11(10)13(14)16/h1,5-6H,7H2,2-3H3. The van der Waals surface area contributed by atoms with Gasteiger partial charge in [-0.2, -0.15) is 0 Å². The molecule has 1 aliphatic heterocycles. The lowest BCUT2D eigenvalue weighted by atomic mass is 9.99. The van der Waals surface area contributed by atoms with Crippen molar-refractivity contribution in [3.05, 3.63) is 34.4 Å². The lowest BCUT2D eigenvalue weighted by Crippen LogP contribution is -2.30. The molecular formula is C13H11NO2. The van der Waals surface area contributed by atoms with E-state index in [-0.39, 0.29) is 18.4 Å². The first kappa shape index (κ1) is 10.4. The molecule has 2 amide bonds. The number of hydrogen-bond acceptors (Lipinski definition) is 2. The van der Waals surface area contributed by atoms with Crippen LogP contribution in [-0.4, -0.2) is 23.3 Å². The molecule has 16 heavy (non-hydrogen) atoms. The first-order chi connectivity index (χ1) is 7.57. The minimum Gasteiger partial charge on any atom is -0.269 e. The third kappa shape index (κ3) is 1.24. The van der Waals surface area contributed by atoms with E-state index in [2.05, 4.69) is 5.92 Å². The van der Waals surface area contributed by atoms with E-state index in [1.807, 2.05) is 26.0 Å². The van der Waals surface area contributed by atoms with Gasteiger partial charge in [0.1, 0.15) is 0 Å². The molecular weight excluding hydrogens is 202 g/mol. The van der Waals surface area contributed by atoms with Crippen LogP contribution in [0.3, 0.4) is 0 Å². The van der Waals surface area contributed by atoms with Crippen molar-refractivity contribution < 1.29 is 9.59 Å². The van der Waals surface area contributed by atoms with Crippen molar-refractivity contribution in [1.29, 1.82) is 0 Å². The topological polar surface area (TPSA) is 37.4 Å². The molecule has 0 N–H and O–H groups in total. The van der Waals surface area contributed by atoms with Crippen LogP contribution in [0.15, 0.2) is 12.1 Å². The molecule has 0 saturated carbocycles. The van der Waals surface area contributed by atoms with Gasteiger partial charge in [0.05, 0.1) is 17.7 Å². The van der Waals surface area contributed by atoms with E-state index in [0.717, 1.165) is 16.0 Å². The van der Waals surface area contributed by atoms with E-state index in [9.17, 15) is 9.59 Å². The number of nitrogens with zero attached hydrogens (tertiary/aromatic N) is 1. The summed E-state index contributed by atoms with van der Waals surface area (Å²) in [6.07, 6.45) is 5.15. The van der Waals surface area contributed by atoms with Gasteiger partial charge >= 0.3 is 0 Å². The second kappa shape index (κ2) is 3.49. The second-order valence-electron chi connectivity index (χ2n) is 3.85. The molecule has 0 unspecified atom stereocenters. The van der Waals surface area contributed by atoms with E-state index >= 15 is 0 Å². The van der Waals surface area contributed by atoms with E-state index in [1.165, 1.54) is 0 Å². The summed E-state index contributed by atoms with van der Waals surface area (Å²) in [5, 5.41) is 0. The monoisotopic (exact) mass is 213 g/mol. The van der Waals surface area contributed by atoms with Crippen molar-refractivity contribution in [3.63, 3.8) is 0 Å². The summed E-state index contributed by atoms with van der Waals surface area (Å²) in [6, 6.07) is 3.69. The van der Waals surface area contributed by atoms with Gasteiger partial charge in [0.15, 0.2) is 0 Å². The maximum Gasteiger partial charge on any atom is 0.262 e. The molecule has 1 aromatic rings. The lowest BCUT2D eigenvalue weighted by molar-refractivity contribution is 0.0674. The highest BCUT2D eigenvalue weighted by atomic mass is 16.2. The van der Waals surface area contributed by atoms with Crippen LogP contribution in [0.2, 0.25) is 0 Å². The maximum atomic E-state index is 12.0. The molecule has 0 aromatic heterocycles. The van der Waals surface area contributed by atoms with Crippen LogP contribution < -0.4 is 0 Å². The molecule has 1 heterocycles. The van der Waals surface area contributed by atoms with Crippen LogP contribution in [0.25, 0.3) is 0 Å². The molecule has 0 radical (unpaired) electrons. The molecule has 3 heteroatoms. The summed E-state index contributed by atoms with van der Waals surface area (Å²) in [6.45, 7) is 3.68. The normalized spacial score (nSPS) is 13.9. The molecule has 0 bridgehead atoms. The highest BCUT2D eigenvalue weighted by molar-refractivity contribution is 6.22. The second-order valence-corrected chi connectivity index (χ2v) is 3.85. The number of aryl methyl sites for hydroxylation is 2. The van der Waals surface area contributed by atoms with Crippen molar-refractivity contribution in [2.45, 2.75) is 13.8 Å². The number of imide groups is 1. The molecule has 80 valence electrons. The summed E-state index contributed by atoms with van der Waals surface area (Å²) in [5.41, 5.74) is 2.64. The average Bonchev–Trinajstić information content (AvgIpc) is 2.50. The average molecular weight is 213 g/mol. The Morgan fingerprint density at radius 2 is 1.56 bits per heavy atom. The zero-order valence-corrected chi connectivity index (χ0v) is 9.20. The number of fused-ring (bicyclic) bond motifs is 1. The molecule has 0 aliphatic carbocycles. The van der Waals surface area contributed by atoms with E-state index in [4.69, 9.17) is 6.42 Å². The van der Waals surface area contributed by atoms with Crippen LogP contribution in [0.5, 0.6) is 0 Å². The van der Waals surface area contributed by atoms with Gasteiger partial charge in [0.25, 0.3) is 11.8 Å². The number of hydrogen-bond donors (Lipinski definition) is 0. The van der Waals surface area contributed by atoms with E-state index < -0.39 is 0 Å². The van der Waals surface area contributed by atoms with Gasteiger partial charge < -0.3 is 0 Å². The third-order valence-corrected chi connectivity index (χ3v) is 2.79. The summed E-state index contributed by atoms with van der Waals surface area (Å²) in [7, 11) is 0. The van der Waals surface area contributed by atoms with Gasteiger partial charge in [-0.3, -0.25) is 14.5 Å². The Balaban J connectivity index is 2.65. The van der Waals surface area contributed by atoms with Crippen LogP contribution in [0.1, 0.15) is 31.8 Å². The van der Waals surface area contributed by atoms with Gasteiger partial charge in [-0.05, 0) is 25.0 Å². The summed E-state index contributed by atoms with van der Waals surface area (Å²) in [5.74, 6) is 1.77. The van der Waals surface area contributed by atoms with Crippen LogP contribution in [-0.2, 0) is 0 Å². The quantitative estimate of drug-likeness (QED) is 0.524. The Labute approximate surface area is 94.1 Å². The van der Waals surface area contributed by atoms with E-state index in [1.54, 1.807) is 0 Å². The molecule has 0 spiro atoms. The number of benzene rings is 1. The van der Waals surface area contributed by atoms with Crippen molar-refractivity contribution in [2.24, 2.45) is 0 Å². The van der Waals surface area contributed by atoms with Crippen molar-refractivity contribution in [1.82, 2.24) is 4.90 Å². The lowest BCUT2D eigenvalue weighted by Gasteiger charge is -2.08. The first-order valence-corrected chi connectivity index (χ1v) is 4.97. The summed E-state index contributed by atoms with van der Waals surface area (Å²) in [4.78, 5) is 25.1. The number of amides is 2. The molecule has 0 atom stereocenters. The predicted octanol–water partition coefficient (Wildman–Crippen LogP) is 1.53. The highest BCUT2D eigenvalue weighted by Gasteiger charge is 2.37. The van der Waals surface area contributed by atoms with Crippen molar-refractivity contribution in [3.8, 4) is 12.3 Å². The Hall–Kier alpha value is -2.08. The van der Waals surface area contributed by atoms with Gasteiger partial charge in [-0.1, -0.05) is 18.1 Å². The fourth-order valence-electron chi connectivity index (χ4n) is 1.96. The smallest absolute Gasteiger partial charge is 0.262 e. The van der Waals surface area contributed by atoms with Crippen molar-refractivity contribution in [2.75, 3.05) is 6.54 Å². The Morgan fingerprint density at radius 3 is 1.94 bits per heavy atom. The zero-order valence-electron chi connectivity index (χ0n) is 9.20. The van der Waals surface area contributed by atoms with Crippen LogP contribution >= 0.6 is 0 Å². The summed E-state index contributed by atoms with van der Waals surface area (Å²) >= 11 is 0. The Kier molecular flexibility index (Phi) is 2.28. The SMILES string of the molecule is C#CCN1C(=O)c2c(C)ccc(C)c2C1=O. The highest BCUT2D eigenvalue weighted by Crippen LogP contribution is 2.28. The zero-order chi connectivity index (χ0) is 11.9. The largest absolute Gasteiger partial charge is 0.269 e. The number of carbonyl (C=O) groups excluding carboxylic acids is 2. The molecule has 2 rings (SSSR count). The number of terminal acetylenes is 1. The minimum atomic E-state index is -0.279. The minimum absolute atomic E-state index is 0.0330. The number of carbonyl (C=O) groups is 2. The predicted molar refractivity (Wildman–Crippen MR) is 60.1 cm³/mol. The molecule has 1 aliphatic rings. The fourth-order valence-corrected chi connectivity index (χ4v) is 1.96. The first-order valence-electron chi connectivity index (χ1n) is 4.97. The Morgan fingerprint density at radius 1 is 1.12 bits per heavy atom. The Bertz CT molecular complexity index is 497. The van der Waals surface area contributed by atoms with Gasteiger partial charge in [0, 0.05) is 0 Å². The molecule has 0 saturated heterocycles.